The van der Waals surface area contributed by atoms with Crippen molar-refractivity contribution in [3.8, 4) is 17.1 Å². The van der Waals surface area contributed by atoms with Gasteiger partial charge in [-0.2, -0.15) is 0 Å². The van der Waals surface area contributed by atoms with Gasteiger partial charge >= 0.3 is 0 Å². The van der Waals surface area contributed by atoms with E-state index in [9.17, 15) is 9.18 Å². The van der Waals surface area contributed by atoms with E-state index in [1.165, 1.54) is 13.0 Å². The van der Waals surface area contributed by atoms with Gasteiger partial charge in [0, 0.05) is 42.8 Å². The molecule has 0 fully saturated rings. The fourth-order valence-electron chi connectivity index (χ4n) is 4.08. The Morgan fingerprint density at radius 1 is 1.00 bits per heavy atom. The van der Waals surface area contributed by atoms with Gasteiger partial charge in [-0.15, -0.1) is 0 Å². The van der Waals surface area contributed by atoms with E-state index in [4.69, 9.17) is 4.98 Å². The molecule has 0 aliphatic carbocycles. The number of nitrogens with one attached hydrogen (secondary N) is 2. The molecule has 8 nitrogen and oxygen atoms in total. The first-order chi connectivity index (χ1) is 16.8. The van der Waals surface area contributed by atoms with Crippen LogP contribution < -0.4 is 10.6 Å². The maximum atomic E-state index is 14.9. The van der Waals surface area contributed by atoms with Crippen molar-refractivity contribution in [1.82, 2.24) is 24.1 Å². The third kappa shape index (κ3) is 4.35. The lowest BCUT2D eigenvalue weighted by atomic mass is 10.2. The molecule has 2 N–H and O–H groups in total. The van der Waals surface area contributed by atoms with Crippen molar-refractivity contribution in [2.24, 2.45) is 7.05 Å². The molecule has 3 aromatic heterocycles. The van der Waals surface area contributed by atoms with Crippen LogP contribution in [0.5, 0.6) is 0 Å². The number of aromatic nitrogens is 5. The van der Waals surface area contributed by atoms with Crippen molar-refractivity contribution < 1.29 is 9.18 Å². The number of hydrogen-bond acceptors (Lipinski definition) is 5. The molecule has 0 saturated heterocycles. The molecular weight excluding hydrogens is 445 g/mol. The highest BCUT2D eigenvalue weighted by Crippen LogP contribution is 2.31. The quantitative estimate of drug-likeness (QED) is 0.366. The summed E-state index contributed by atoms with van der Waals surface area (Å²) in [5.41, 5.74) is 5.67. The Morgan fingerprint density at radius 2 is 1.83 bits per heavy atom. The molecule has 0 radical (unpaired) electrons. The predicted molar refractivity (Wildman–Crippen MR) is 135 cm³/mol. The molecule has 0 aliphatic rings. The maximum absolute atomic E-state index is 14.9. The number of amides is 1. The van der Waals surface area contributed by atoms with Gasteiger partial charge in [-0.05, 0) is 50.2 Å². The summed E-state index contributed by atoms with van der Waals surface area (Å²) in [5.74, 6) is 0.734. The van der Waals surface area contributed by atoms with Crippen molar-refractivity contribution in [2.75, 3.05) is 10.6 Å². The Morgan fingerprint density at radius 3 is 2.54 bits per heavy atom. The highest BCUT2D eigenvalue weighted by Gasteiger charge is 2.16. The number of anilines is 3. The molecule has 0 spiro atoms. The second-order valence-electron chi connectivity index (χ2n) is 8.45. The lowest BCUT2D eigenvalue weighted by Gasteiger charge is -2.10. The minimum absolute atomic E-state index is 0.139. The second-order valence-corrected chi connectivity index (χ2v) is 8.45. The number of halogens is 1. The summed E-state index contributed by atoms with van der Waals surface area (Å²) in [6.45, 7) is 5.23. The molecule has 0 bridgehead atoms. The summed E-state index contributed by atoms with van der Waals surface area (Å²) in [6.07, 6.45) is 3.36. The number of rotatable bonds is 5. The molecule has 0 unspecified atom stereocenters. The Balaban J connectivity index is 1.53. The first-order valence-electron chi connectivity index (χ1n) is 11.1. The fourth-order valence-corrected chi connectivity index (χ4v) is 4.08. The van der Waals surface area contributed by atoms with Crippen molar-refractivity contribution in [3.05, 3.63) is 78.3 Å². The largest absolute Gasteiger partial charge is 0.338 e. The molecule has 2 aromatic carbocycles. The first kappa shape index (κ1) is 22.3. The van der Waals surface area contributed by atoms with Gasteiger partial charge in [0.1, 0.15) is 17.2 Å². The number of carbonyl (C=O) groups is 1. The van der Waals surface area contributed by atoms with E-state index in [1.807, 2.05) is 55.8 Å². The first-order valence-corrected chi connectivity index (χ1v) is 11.1. The molecule has 0 saturated carbocycles. The Bertz CT molecular complexity index is 1580. The molecule has 0 atom stereocenters. The summed E-state index contributed by atoms with van der Waals surface area (Å²) in [4.78, 5) is 25.1. The highest BCUT2D eigenvalue weighted by molar-refractivity contribution is 5.92. The van der Waals surface area contributed by atoms with Crippen molar-refractivity contribution >= 4 is 34.1 Å². The van der Waals surface area contributed by atoms with Crippen LogP contribution in [0.3, 0.4) is 0 Å². The molecule has 176 valence electrons. The maximum Gasteiger partial charge on any atom is 0.221 e. The second kappa shape index (κ2) is 8.68. The van der Waals surface area contributed by atoms with Gasteiger partial charge in [0.05, 0.1) is 23.2 Å². The van der Waals surface area contributed by atoms with Gasteiger partial charge in [0.2, 0.25) is 5.91 Å². The van der Waals surface area contributed by atoms with Crippen LogP contribution in [0, 0.1) is 19.7 Å². The summed E-state index contributed by atoms with van der Waals surface area (Å²) < 4.78 is 18.5. The average Bonchev–Trinajstić information content (AvgIpc) is 3.37. The summed E-state index contributed by atoms with van der Waals surface area (Å²) in [6, 6.07) is 14.4. The van der Waals surface area contributed by atoms with Crippen LogP contribution in [0.2, 0.25) is 0 Å². The Labute approximate surface area is 201 Å². The third-order valence-corrected chi connectivity index (χ3v) is 5.64. The zero-order valence-corrected chi connectivity index (χ0v) is 19.8. The normalized spacial score (nSPS) is 11.1. The van der Waals surface area contributed by atoms with Gasteiger partial charge in [-0.3, -0.25) is 4.79 Å². The molecule has 5 rings (SSSR count). The average molecular weight is 470 g/mol. The van der Waals surface area contributed by atoms with Crippen LogP contribution in [-0.2, 0) is 11.8 Å². The predicted octanol–water partition coefficient (Wildman–Crippen LogP) is 5.28. The number of aryl methyl sites for hydroxylation is 3. The lowest BCUT2D eigenvalue weighted by molar-refractivity contribution is -0.114. The van der Waals surface area contributed by atoms with E-state index >= 15 is 0 Å². The molecule has 1 amide bonds. The summed E-state index contributed by atoms with van der Waals surface area (Å²) in [7, 11) is 1.93. The number of benzene rings is 2. The van der Waals surface area contributed by atoms with Crippen LogP contribution in [0.15, 0.2) is 61.1 Å². The number of hydrogen-bond donors (Lipinski definition) is 2. The number of nitrogens with zero attached hydrogens (tertiary/aromatic N) is 5. The van der Waals surface area contributed by atoms with E-state index in [0.29, 0.717) is 28.4 Å². The van der Waals surface area contributed by atoms with Crippen molar-refractivity contribution in [3.63, 3.8) is 0 Å². The number of imidazole rings is 2. The van der Waals surface area contributed by atoms with Crippen LogP contribution in [0.1, 0.15) is 18.3 Å². The smallest absolute Gasteiger partial charge is 0.221 e. The fraction of sp³-hybridized carbons (Fsp3) is 0.154. The molecule has 3 heterocycles. The molecular formula is C26H24FN7O. The zero-order chi connectivity index (χ0) is 24.7. The number of pyridine rings is 1. The third-order valence-electron chi connectivity index (χ3n) is 5.64. The van der Waals surface area contributed by atoms with E-state index in [-0.39, 0.29) is 11.7 Å². The monoisotopic (exact) mass is 469 g/mol. The zero-order valence-electron chi connectivity index (χ0n) is 19.8. The summed E-state index contributed by atoms with van der Waals surface area (Å²) in [5, 5.41) is 6.04. The van der Waals surface area contributed by atoms with Gasteiger partial charge < -0.3 is 19.8 Å². The van der Waals surface area contributed by atoms with E-state index in [2.05, 4.69) is 20.6 Å². The van der Waals surface area contributed by atoms with Gasteiger partial charge in [0.25, 0.3) is 0 Å². The van der Waals surface area contributed by atoms with Crippen molar-refractivity contribution in [1.29, 1.82) is 0 Å². The number of fused-ring (bicyclic) bond motifs is 1. The highest BCUT2D eigenvalue weighted by atomic mass is 19.1. The van der Waals surface area contributed by atoms with E-state index in [1.54, 1.807) is 29.2 Å². The molecule has 9 heteroatoms. The van der Waals surface area contributed by atoms with Crippen LogP contribution in [0.4, 0.5) is 21.6 Å². The molecule has 5 aromatic rings. The standard InChI is InChI=1S/C26H24FN7O/c1-15-10-23-24(32-26(33(23)4)18-6-5-7-19(11-18)30-17(3)35)25(29-15)31-20-8-9-22(21(27)12-20)34-13-16(2)28-14-34/h5-14H,1-4H3,(H,29,31)(H,30,35). The van der Waals surface area contributed by atoms with Crippen LogP contribution in [0.25, 0.3) is 28.1 Å². The van der Waals surface area contributed by atoms with Gasteiger partial charge in [0.15, 0.2) is 5.82 Å². The van der Waals surface area contributed by atoms with Crippen LogP contribution in [-0.4, -0.2) is 30.0 Å². The van der Waals surface area contributed by atoms with Gasteiger partial charge in [-0.25, -0.2) is 19.3 Å². The topological polar surface area (TPSA) is 89.7 Å². The van der Waals surface area contributed by atoms with E-state index < -0.39 is 0 Å². The number of carbonyl (C=O) groups excluding carboxylic acids is 1. The van der Waals surface area contributed by atoms with Gasteiger partial charge in [-0.1, -0.05) is 12.1 Å². The summed E-state index contributed by atoms with van der Waals surface area (Å²) >= 11 is 0. The van der Waals surface area contributed by atoms with Crippen molar-refractivity contribution in [2.45, 2.75) is 20.8 Å². The van der Waals surface area contributed by atoms with E-state index in [0.717, 1.165) is 28.3 Å². The SMILES string of the molecule is CC(=O)Nc1cccc(-c2nc3c(Nc4ccc(-n5cnc(C)c5)c(F)c4)nc(C)cc3n2C)c1. The molecule has 0 aliphatic heterocycles. The Hall–Kier alpha value is -4.53. The van der Waals surface area contributed by atoms with Crippen LogP contribution >= 0.6 is 0 Å². The minimum Gasteiger partial charge on any atom is -0.338 e. The molecule has 35 heavy (non-hydrogen) atoms. The Kier molecular flexibility index (Phi) is 5.52. The minimum atomic E-state index is -0.382. The lowest BCUT2D eigenvalue weighted by Crippen LogP contribution is -2.05.